The highest BCUT2D eigenvalue weighted by atomic mass is 35.5. The molecule has 3 aliphatic heterocycles. The van der Waals surface area contributed by atoms with Crippen LogP contribution in [0.15, 0.2) is 48.6 Å². The molecule has 10 heteroatoms. The molecule has 2 aliphatic carbocycles. The van der Waals surface area contributed by atoms with Gasteiger partial charge in [0.05, 0.1) is 31.6 Å². The predicted molar refractivity (Wildman–Crippen MR) is 165 cm³/mol. The van der Waals surface area contributed by atoms with Crippen molar-refractivity contribution in [2.75, 3.05) is 37.8 Å². The Morgan fingerprint density at radius 1 is 1.09 bits per heavy atom. The maximum atomic E-state index is 13.5. The van der Waals surface area contributed by atoms with E-state index in [0.717, 1.165) is 42.8 Å². The van der Waals surface area contributed by atoms with Crippen molar-refractivity contribution in [1.29, 1.82) is 0 Å². The lowest BCUT2D eigenvalue weighted by atomic mass is 9.68. The smallest absolute Gasteiger partial charge is 0.264 e. The first kappa shape index (κ1) is 29.1. The van der Waals surface area contributed by atoms with Crippen LogP contribution in [-0.4, -0.2) is 63.7 Å². The van der Waals surface area contributed by atoms with Gasteiger partial charge < -0.3 is 19.5 Å². The van der Waals surface area contributed by atoms with E-state index < -0.39 is 27.3 Å². The molecule has 1 spiro atoms. The van der Waals surface area contributed by atoms with Gasteiger partial charge in [-0.1, -0.05) is 36.7 Å². The Balaban J connectivity index is 1.30. The number of ether oxygens (including phenoxy) is 2. The molecule has 43 heavy (non-hydrogen) atoms. The number of carbonyl (C=O) groups is 1. The van der Waals surface area contributed by atoms with Crippen molar-refractivity contribution in [3.8, 4) is 5.75 Å². The van der Waals surface area contributed by atoms with Gasteiger partial charge in [0.25, 0.3) is 5.91 Å². The lowest BCUT2D eigenvalue weighted by molar-refractivity contribution is 0.0453. The third-order valence-electron chi connectivity index (χ3n) is 10.7. The number of aryl methyl sites for hydroxylation is 1. The molecule has 2 aromatic rings. The lowest BCUT2D eigenvalue weighted by Crippen LogP contribution is -2.49. The van der Waals surface area contributed by atoms with E-state index in [9.17, 15) is 18.3 Å². The molecule has 0 unspecified atom stereocenters. The molecule has 1 saturated carbocycles. The number of carbonyl (C=O) groups excluding carboxylic acids is 1. The van der Waals surface area contributed by atoms with Crippen LogP contribution in [0.25, 0.3) is 0 Å². The molecule has 7 rings (SSSR count). The SMILES string of the molecule is C[C@@H]1/C=C\[C@H](O)[C@@H]2CC[C@H]2CN2C[C@@]3(CCCc4cc(Cl)ccc43)COc3ccc(cc32)C(=O)NS(=O)(=O)[C@H]2COC[C@H]12. The van der Waals surface area contributed by atoms with E-state index in [1.54, 1.807) is 18.2 Å². The van der Waals surface area contributed by atoms with Gasteiger partial charge in [0.15, 0.2) is 0 Å². The minimum atomic E-state index is -4.02. The minimum Gasteiger partial charge on any atom is -0.490 e. The van der Waals surface area contributed by atoms with Crippen molar-refractivity contribution < 1.29 is 27.8 Å². The van der Waals surface area contributed by atoms with Crippen molar-refractivity contribution in [2.24, 2.45) is 23.7 Å². The monoisotopic (exact) mass is 626 g/mol. The van der Waals surface area contributed by atoms with Gasteiger partial charge in [-0.2, -0.15) is 0 Å². The number of fused-ring (bicyclic) bond motifs is 5. The number of anilines is 1. The number of benzene rings is 2. The van der Waals surface area contributed by atoms with Crippen molar-refractivity contribution in [3.05, 3.63) is 70.3 Å². The Bertz CT molecular complexity index is 1560. The molecule has 2 bridgehead atoms. The first-order chi connectivity index (χ1) is 20.6. The molecule has 2 aromatic carbocycles. The number of halogens is 1. The molecule has 5 aliphatic rings. The zero-order chi connectivity index (χ0) is 29.9. The zero-order valence-electron chi connectivity index (χ0n) is 24.4. The summed E-state index contributed by atoms with van der Waals surface area (Å²) in [6.45, 7) is 4.14. The van der Waals surface area contributed by atoms with Crippen LogP contribution in [0, 0.1) is 23.7 Å². The van der Waals surface area contributed by atoms with E-state index in [4.69, 9.17) is 21.1 Å². The molecule has 8 nitrogen and oxygen atoms in total. The second-order valence-corrected chi connectivity index (χ2v) is 15.6. The van der Waals surface area contributed by atoms with Gasteiger partial charge in [0, 0.05) is 35.0 Å². The number of nitrogens with one attached hydrogen (secondary N) is 1. The Kier molecular flexibility index (Phi) is 7.51. The number of allylic oxidation sites excluding steroid dienone is 1. The number of amides is 1. The summed E-state index contributed by atoms with van der Waals surface area (Å²) in [6.07, 6.45) is 8.04. The van der Waals surface area contributed by atoms with Crippen LogP contribution in [0.1, 0.15) is 54.1 Å². The lowest BCUT2D eigenvalue weighted by Gasteiger charge is -2.45. The van der Waals surface area contributed by atoms with Gasteiger partial charge in [-0.05, 0) is 91.3 Å². The number of rotatable bonds is 0. The summed E-state index contributed by atoms with van der Waals surface area (Å²) in [6, 6.07) is 11.4. The second-order valence-electron chi connectivity index (χ2n) is 13.2. The van der Waals surface area contributed by atoms with Crippen LogP contribution in [0.5, 0.6) is 5.75 Å². The van der Waals surface area contributed by atoms with Crippen LogP contribution in [0.4, 0.5) is 5.69 Å². The van der Waals surface area contributed by atoms with Gasteiger partial charge in [0.2, 0.25) is 10.0 Å². The Labute approximate surface area is 258 Å². The summed E-state index contributed by atoms with van der Waals surface area (Å²) < 4.78 is 41.4. The summed E-state index contributed by atoms with van der Waals surface area (Å²) in [5.74, 6) is -0.0826. The Morgan fingerprint density at radius 2 is 1.95 bits per heavy atom. The van der Waals surface area contributed by atoms with E-state index in [-0.39, 0.29) is 47.9 Å². The van der Waals surface area contributed by atoms with Crippen LogP contribution >= 0.6 is 11.6 Å². The standard InChI is InChI=1S/C33H39ClN2O6S/c1-20-4-10-29(37)25-8-5-23(25)15-36-18-33(12-2-3-21-13-24(34)7-9-27(21)33)19-42-30-11-6-22(14-28(30)36)32(38)35-43(39,40)31-17-41-16-26(20)31/h4,6-7,9-11,13-14,20,23,25-26,29,31,37H,2-3,5,8,12,15-19H2,1H3,(H,35,38)/b10-4-/t20-,23+,25-,26-,29+,31+,33+/m1/s1. The molecule has 1 amide bonds. The topological polar surface area (TPSA) is 105 Å². The molecular weight excluding hydrogens is 588 g/mol. The Hall–Kier alpha value is -2.59. The van der Waals surface area contributed by atoms with Gasteiger partial charge in [-0.25, -0.2) is 13.1 Å². The van der Waals surface area contributed by atoms with Crippen LogP contribution in [0.3, 0.4) is 0 Å². The van der Waals surface area contributed by atoms with E-state index >= 15 is 0 Å². The molecule has 7 atom stereocenters. The molecule has 0 aromatic heterocycles. The average Bonchev–Trinajstić information content (AvgIpc) is 3.42. The highest BCUT2D eigenvalue weighted by Gasteiger charge is 2.45. The largest absolute Gasteiger partial charge is 0.490 e. The third-order valence-corrected chi connectivity index (χ3v) is 12.6. The van der Waals surface area contributed by atoms with Crippen LogP contribution < -0.4 is 14.4 Å². The summed E-state index contributed by atoms with van der Waals surface area (Å²) in [5.41, 5.74) is 3.28. The van der Waals surface area contributed by atoms with E-state index in [1.165, 1.54) is 11.1 Å². The highest BCUT2D eigenvalue weighted by molar-refractivity contribution is 7.90. The maximum absolute atomic E-state index is 13.5. The molecular formula is C33H39ClN2O6S. The minimum absolute atomic E-state index is 0.0271. The van der Waals surface area contributed by atoms with Crippen molar-refractivity contribution in [3.63, 3.8) is 0 Å². The number of aliphatic hydroxyl groups is 1. The molecule has 2 N–H and O–H groups in total. The van der Waals surface area contributed by atoms with Crippen molar-refractivity contribution >= 4 is 33.2 Å². The normalized spacial score (nSPS) is 35.8. The second kappa shape index (κ2) is 11.1. The quantitative estimate of drug-likeness (QED) is 0.416. The fourth-order valence-corrected chi connectivity index (χ4v) is 9.79. The number of aliphatic hydroxyl groups excluding tert-OH is 1. The molecule has 3 heterocycles. The summed E-state index contributed by atoms with van der Waals surface area (Å²) in [4.78, 5) is 15.8. The molecule has 230 valence electrons. The first-order valence-corrected chi connectivity index (χ1v) is 17.4. The fraction of sp³-hybridized carbons (Fsp3) is 0.545. The van der Waals surface area contributed by atoms with Crippen LogP contribution in [-0.2, 0) is 26.6 Å². The van der Waals surface area contributed by atoms with E-state index in [1.807, 2.05) is 25.1 Å². The number of sulfonamides is 1. The van der Waals surface area contributed by atoms with E-state index in [2.05, 4.69) is 21.8 Å². The Morgan fingerprint density at radius 3 is 2.77 bits per heavy atom. The maximum Gasteiger partial charge on any atom is 0.264 e. The highest BCUT2D eigenvalue weighted by Crippen LogP contribution is 2.47. The fourth-order valence-electron chi connectivity index (χ4n) is 8.01. The average molecular weight is 627 g/mol. The number of nitrogens with zero attached hydrogens (tertiary/aromatic N) is 1. The number of hydrogen-bond donors (Lipinski definition) is 2. The molecule has 2 fully saturated rings. The third kappa shape index (κ3) is 5.26. The van der Waals surface area contributed by atoms with Crippen molar-refractivity contribution in [2.45, 2.75) is 55.8 Å². The summed E-state index contributed by atoms with van der Waals surface area (Å²) in [5, 5.41) is 11.1. The molecule has 0 radical (unpaired) electrons. The zero-order valence-corrected chi connectivity index (χ0v) is 25.9. The summed E-state index contributed by atoms with van der Waals surface area (Å²) in [7, 11) is -4.02. The first-order valence-electron chi connectivity index (χ1n) is 15.4. The number of hydrogen-bond acceptors (Lipinski definition) is 7. The van der Waals surface area contributed by atoms with Crippen LogP contribution in [0.2, 0.25) is 5.02 Å². The predicted octanol–water partition coefficient (Wildman–Crippen LogP) is 4.48. The van der Waals surface area contributed by atoms with Gasteiger partial charge in [-0.3, -0.25) is 4.79 Å². The molecule has 1 saturated heterocycles. The van der Waals surface area contributed by atoms with Crippen molar-refractivity contribution in [1.82, 2.24) is 4.72 Å². The van der Waals surface area contributed by atoms with Gasteiger partial charge in [0.1, 0.15) is 11.0 Å². The van der Waals surface area contributed by atoms with Gasteiger partial charge in [-0.15, -0.1) is 0 Å². The summed E-state index contributed by atoms with van der Waals surface area (Å²) >= 11 is 6.39. The van der Waals surface area contributed by atoms with Gasteiger partial charge >= 0.3 is 0 Å². The van der Waals surface area contributed by atoms with E-state index in [0.29, 0.717) is 25.4 Å².